The van der Waals surface area contributed by atoms with Crippen LogP contribution in [0.2, 0.25) is 5.02 Å². The predicted molar refractivity (Wildman–Crippen MR) is 127 cm³/mol. The SMILES string of the molecule is COc1ccccc1N1CCN(C2=C(c3ccc(Cl)cc3)C(=O)N(CC(C)C)C2=O)CC1. The summed E-state index contributed by atoms with van der Waals surface area (Å²) in [6, 6.07) is 15.1. The number of imide groups is 1. The third-order valence-electron chi connectivity index (χ3n) is 5.85. The van der Waals surface area contributed by atoms with E-state index in [9.17, 15) is 9.59 Å². The van der Waals surface area contributed by atoms with E-state index in [2.05, 4.69) is 9.80 Å². The van der Waals surface area contributed by atoms with Gasteiger partial charge in [0.05, 0.1) is 18.4 Å². The molecule has 0 aromatic heterocycles. The molecule has 0 saturated carbocycles. The molecule has 2 aliphatic heterocycles. The van der Waals surface area contributed by atoms with Crippen LogP contribution in [-0.2, 0) is 9.59 Å². The number of halogens is 1. The summed E-state index contributed by atoms with van der Waals surface area (Å²) in [5, 5.41) is 0.595. The summed E-state index contributed by atoms with van der Waals surface area (Å²) in [7, 11) is 1.67. The van der Waals surface area contributed by atoms with E-state index < -0.39 is 0 Å². The van der Waals surface area contributed by atoms with Crippen molar-refractivity contribution in [3.05, 3.63) is 64.8 Å². The van der Waals surface area contributed by atoms with E-state index in [0.29, 0.717) is 35.9 Å². The van der Waals surface area contributed by atoms with Crippen molar-refractivity contribution in [1.82, 2.24) is 9.80 Å². The lowest BCUT2D eigenvalue weighted by Crippen LogP contribution is -2.48. The number of amides is 2. The van der Waals surface area contributed by atoms with Crippen LogP contribution >= 0.6 is 11.6 Å². The van der Waals surface area contributed by atoms with Crippen molar-refractivity contribution in [3.63, 3.8) is 0 Å². The van der Waals surface area contributed by atoms with Crippen LogP contribution in [0.5, 0.6) is 5.75 Å². The number of carbonyl (C=O) groups is 2. The number of rotatable bonds is 6. The van der Waals surface area contributed by atoms with Crippen LogP contribution in [0.1, 0.15) is 19.4 Å². The zero-order valence-electron chi connectivity index (χ0n) is 18.7. The smallest absolute Gasteiger partial charge is 0.277 e. The third kappa shape index (κ3) is 4.19. The standard InChI is InChI=1S/C25H28ClN3O3/c1-17(2)16-29-24(30)22(18-8-10-19(26)11-9-18)23(25(29)31)28-14-12-27(13-15-28)20-6-4-5-7-21(20)32-3/h4-11,17H,12-16H2,1-3H3. The van der Waals surface area contributed by atoms with Crippen LogP contribution in [0.25, 0.3) is 5.57 Å². The molecule has 0 radical (unpaired) electrons. The first kappa shape index (κ1) is 22.2. The number of methoxy groups -OCH3 is 1. The highest BCUT2D eigenvalue weighted by Crippen LogP contribution is 2.34. The summed E-state index contributed by atoms with van der Waals surface area (Å²) >= 11 is 6.06. The van der Waals surface area contributed by atoms with Gasteiger partial charge in [-0.2, -0.15) is 0 Å². The van der Waals surface area contributed by atoms with Gasteiger partial charge in [0.25, 0.3) is 11.8 Å². The molecule has 0 unspecified atom stereocenters. The Balaban J connectivity index is 1.64. The van der Waals surface area contributed by atoms with Gasteiger partial charge < -0.3 is 14.5 Å². The van der Waals surface area contributed by atoms with Crippen molar-refractivity contribution in [3.8, 4) is 5.75 Å². The average Bonchev–Trinajstić information content (AvgIpc) is 3.04. The third-order valence-corrected chi connectivity index (χ3v) is 6.10. The second kappa shape index (κ2) is 9.25. The summed E-state index contributed by atoms with van der Waals surface area (Å²) in [6.07, 6.45) is 0. The lowest BCUT2D eigenvalue weighted by Gasteiger charge is -2.38. The van der Waals surface area contributed by atoms with Gasteiger partial charge in [-0.15, -0.1) is 0 Å². The van der Waals surface area contributed by atoms with Gasteiger partial charge >= 0.3 is 0 Å². The van der Waals surface area contributed by atoms with E-state index in [1.807, 2.05) is 50.2 Å². The van der Waals surface area contributed by atoms with Crippen molar-refractivity contribution in [2.45, 2.75) is 13.8 Å². The molecule has 2 heterocycles. The molecule has 32 heavy (non-hydrogen) atoms. The Bertz CT molecular complexity index is 1040. The highest BCUT2D eigenvalue weighted by molar-refractivity contribution is 6.36. The number of anilines is 1. The summed E-state index contributed by atoms with van der Waals surface area (Å²) in [4.78, 5) is 32.4. The van der Waals surface area contributed by atoms with Crippen molar-refractivity contribution in [1.29, 1.82) is 0 Å². The van der Waals surface area contributed by atoms with Gasteiger partial charge in [0.15, 0.2) is 0 Å². The molecule has 2 aromatic rings. The second-order valence-electron chi connectivity index (χ2n) is 8.49. The van der Waals surface area contributed by atoms with Gasteiger partial charge in [-0.1, -0.05) is 49.7 Å². The fourth-order valence-corrected chi connectivity index (χ4v) is 4.45. The Morgan fingerprint density at radius 2 is 1.53 bits per heavy atom. The van der Waals surface area contributed by atoms with E-state index in [0.717, 1.165) is 30.1 Å². The van der Waals surface area contributed by atoms with Crippen LogP contribution in [-0.4, -0.2) is 61.4 Å². The zero-order valence-corrected chi connectivity index (χ0v) is 19.4. The molecule has 4 rings (SSSR count). The van der Waals surface area contributed by atoms with E-state index in [1.54, 1.807) is 19.2 Å². The largest absolute Gasteiger partial charge is 0.495 e. The van der Waals surface area contributed by atoms with Crippen molar-refractivity contribution in [2.24, 2.45) is 5.92 Å². The number of ether oxygens (including phenoxy) is 1. The van der Waals surface area contributed by atoms with E-state index in [4.69, 9.17) is 16.3 Å². The first-order valence-electron chi connectivity index (χ1n) is 10.9. The number of hydrogen-bond acceptors (Lipinski definition) is 5. The van der Waals surface area contributed by atoms with Gasteiger partial charge in [-0.25, -0.2) is 0 Å². The van der Waals surface area contributed by atoms with Crippen molar-refractivity contribution < 1.29 is 14.3 Å². The molecule has 1 fully saturated rings. The normalized spacial score (nSPS) is 17.1. The lowest BCUT2D eigenvalue weighted by molar-refractivity contribution is -0.138. The van der Waals surface area contributed by atoms with Gasteiger partial charge in [-0.3, -0.25) is 14.5 Å². The fourth-order valence-electron chi connectivity index (χ4n) is 4.33. The van der Waals surface area contributed by atoms with Crippen molar-refractivity contribution in [2.75, 3.05) is 44.7 Å². The van der Waals surface area contributed by atoms with E-state index in [-0.39, 0.29) is 17.7 Å². The molecule has 1 saturated heterocycles. The highest BCUT2D eigenvalue weighted by atomic mass is 35.5. The Morgan fingerprint density at radius 3 is 2.16 bits per heavy atom. The number of nitrogens with zero attached hydrogens (tertiary/aromatic N) is 3. The number of benzene rings is 2. The fraction of sp³-hybridized carbons (Fsp3) is 0.360. The van der Waals surface area contributed by atoms with Crippen molar-refractivity contribution >= 4 is 34.7 Å². The molecule has 2 amide bonds. The van der Waals surface area contributed by atoms with Gasteiger partial charge in [0.2, 0.25) is 0 Å². The van der Waals surface area contributed by atoms with Gasteiger partial charge in [-0.05, 0) is 35.7 Å². The molecule has 0 aliphatic carbocycles. The molecular formula is C25H28ClN3O3. The average molecular weight is 454 g/mol. The van der Waals surface area contributed by atoms with E-state index in [1.165, 1.54) is 4.90 Å². The molecular weight excluding hydrogens is 426 g/mol. The van der Waals surface area contributed by atoms with Crippen LogP contribution in [0.3, 0.4) is 0 Å². The van der Waals surface area contributed by atoms with Crippen LogP contribution < -0.4 is 9.64 Å². The maximum absolute atomic E-state index is 13.4. The number of hydrogen-bond donors (Lipinski definition) is 0. The van der Waals surface area contributed by atoms with Crippen LogP contribution in [0, 0.1) is 5.92 Å². The molecule has 168 valence electrons. The quantitative estimate of drug-likeness (QED) is 0.621. The Labute approximate surface area is 194 Å². The Kier molecular flexibility index (Phi) is 6.42. The monoisotopic (exact) mass is 453 g/mol. The summed E-state index contributed by atoms with van der Waals surface area (Å²) in [5.41, 5.74) is 2.73. The molecule has 0 bridgehead atoms. The van der Waals surface area contributed by atoms with Gasteiger partial charge in [0.1, 0.15) is 11.4 Å². The predicted octanol–water partition coefficient (Wildman–Crippen LogP) is 3.91. The number of carbonyl (C=O) groups excluding carboxylic acids is 2. The number of piperazine rings is 1. The first-order valence-corrected chi connectivity index (χ1v) is 11.3. The van der Waals surface area contributed by atoms with E-state index >= 15 is 0 Å². The van der Waals surface area contributed by atoms with Crippen LogP contribution in [0.15, 0.2) is 54.2 Å². The maximum atomic E-state index is 13.4. The minimum absolute atomic E-state index is 0.191. The summed E-state index contributed by atoms with van der Waals surface area (Å²) < 4.78 is 5.51. The van der Waals surface area contributed by atoms with Gasteiger partial charge in [0, 0.05) is 37.7 Å². The summed E-state index contributed by atoms with van der Waals surface area (Å²) in [6.45, 7) is 7.14. The Morgan fingerprint density at radius 1 is 0.906 bits per heavy atom. The molecule has 0 spiro atoms. The minimum atomic E-state index is -0.229. The molecule has 7 heteroatoms. The molecule has 0 atom stereocenters. The second-order valence-corrected chi connectivity index (χ2v) is 8.93. The molecule has 2 aromatic carbocycles. The topological polar surface area (TPSA) is 53.1 Å². The molecule has 0 N–H and O–H groups in total. The molecule has 6 nitrogen and oxygen atoms in total. The lowest BCUT2D eigenvalue weighted by atomic mass is 10.0. The van der Waals surface area contributed by atoms with Crippen LogP contribution in [0.4, 0.5) is 5.69 Å². The maximum Gasteiger partial charge on any atom is 0.277 e. The number of para-hydroxylation sites is 2. The minimum Gasteiger partial charge on any atom is -0.495 e. The zero-order chi connectivity index (χ0) is 22.8. The first-order chi connectivity index (χ1) is 15.4. The highest BCUT2D eigenvalue weighted by Gasteiger charge is 2.42. The summed E-state index contributed by atoms with van der Waals surface area (Å²) in [5.74, 6) is 0.584. The Hall–Kier alpha value is -2.99. The molecule has 2 aliphatic rings.